The first kappa shape index (κ1) is 21.5. The third-order valence-corrected chi connectivity index (χ3v) is 7.31. The van der Waals surface area contributed by atoms with Gasteiger partial charge in [-0.3, -0.25) is 9.59 Å². The van der Waals surface area contributed by atoms with Crippen LogP contribution in [0.1, 0.15) is 43.2 Å². The van der Waals surface area contributed by atoms with E-state index in [1.165, 1.54) is 12.1 Å². The molecule has 1 aliphatic carbocycles. The number of nitrogens with zero attached hydrogens (tertiary/aromatic N) is 3. The Morgan fingerprint density at radius 2 is 1.87 bits per heavy atom. The minimum absolute atomic E-state index is 0.112. The van der Waals surface area contributed by atoms with Gasteiger partial charge in [-0.25, -0.2) is 0 Å². The molecular weight excluding hydrogens is 409 g/mol. The first-order chi connectivity index (χ1) is 14.6. The number of alkyl halides is 3. The number of hydrogen-bond acceptors (Lipinski definition) is 4. The molecule has 6 nitrogen and oxygen atoms in total. The van der Waals surface area contributed by atoms with Crippen LogP contribution < -0.4 is 10.6 Å². The van der Waals surface area contributed by atoms with Gasteiger partial charge in [0.05, 0.1) is 23.1 Å². The van der Waals surface area contributed by atoms with E-state index in [0.717, 1.165) is 25.3 Å². The molecule has 0 aromatic heterocycles. The van der Waals surface area contributed by atoms with Crippen LogP contribution in [0.5, 0.6) is 0 Å². The summed E-state index contributed by atoms with van der Waals surface area (Å²) in [7, 11) is 0. The Hall–Kier alpha value is -2.76. The van der Waals surface area contributed by atoms with Gasteiger partial charge in [0.15, 0.2) is 0 Å². The number of nitriles is 1. The molecule has 1 spiro atoms. The second-order valence-electron chi connectivity index (χ2n) is 8.99. The second kappa shape index (κ2) is 7.74. The summed E-state index contributed by atoms with van der Waals surface area (Å²) in [5.74, 6) is -0.682. The van der Waals surface area contributed by atoms with Crippen LogP contribution in [-0.4, -0.2) is 42.9 Å². The molecule has 1 atom stereocenters. The molecule has 3 aliphatic rings. The first-order valence-electron chi connectivity index (χ1n) is 10.6. The van der Waals surface area contributed by atoms with Gasteiger partial charge in [-0.2, -0.15) is 18.4 Å². The number of carbonyl (C=O) groups excluding carboxylic acids is 2. The van der Waals surface area contributed by atoms with E-state index in [9.17, 15) is 22.8 Å². The van der Waals surface area contributed by atoms with E-state index in [1.54, 1.807) is 11.0 Å². The Kier molecular flexibility index (Phi) is 5.36. The smallest absolute Gasteiger partial charge is 0.370 e. The number of hydrogen-bond donors (Lipinski definition) is 1. The van der Waals surface area contributed by atoms with Crippen molar-refractivity contribution in [2.24, 2.45) is 23.0 Å². The lowest BCUT2D eigenvalue weighted by Crippen LogP contribution is -2.50. The molecule has 1 aromatic rings. The molecule has 1 unspecified atom stereocenters. The number of amides is 2. The predicted molar refractivity (Wildman–Crippen MR) is 107 cm³/mol. The average molecular weight is 434 g/mol. The first-order valence-corrected chi connectivity index (χ1v) is 10.6. The summed E-state index contributed by atoms with van der Waals surface area (Å²) >= 11 is 0. The molecule has 2 heterocycles. The van der Waals surface area contributed by atoms with Crippen molar-refractivity contribution in [1.82, 2.24) is 4.90 Å². The number of nitrogens with two attached hydrogens (primary N) is 1. The molecule has 2 amide bonds. The highest BCUT2D eigenvalue weighted by Crippen LogP contribution is 2.47. The van der Waals surface area contributed by atoms with Crippen molar-refractivity contribution in [3.63, 3.8) is 0 Å². The fraction of sp³-hybridized carbons (Fsp3) is 0.591. The van der Waals surface area contributed by atoms with E-state index in [-0.39, 0.29) is 18.4 Å². The zero-order chi connectivity index (χ0) is 22.4. The molecule has 1 saturated carbocycles. The molecule has 0 bridgehead atoms. The van der Waals surface area contributed by atoms with E-state index in [2.05, 4.69) is 0 Å². The molecule has 3 fully saturated rings. The van der Waals surface area contributed by atoms with Crippen LogP contribution in [0.15, 0.2) is 18.2 Å². The van der Waals surface area contributed by atoms with Crippen molar-refractivity contribution < 1.29 is 22.8 Å². The zero-order valence-electron chi connectivity index (χ0n) is 17.1. The van der Waals surface area contributed by atoms with E-state index in [4.69, 9.17) is 11.0 Å². The molecule has 1 aromatic carbocycles. The van der Waals surface area contributed by atoms with E-state index >= 15 is 0 Å². The molecule has 0 radical (unpaired) electrons. The average Bonchev–Trinajstić information content (AvgIpc) is 3.05. The highest BCUT2D eigenvalue weighted by Gasteiger charge is 2.51. The monoisotopic (exact) mass is 434 g/mol. The number of rotatable bonds is 3. The Labute approximate surface area is 178 Å². The van der Waals surface area contributed by atoms with Crippen LogP contribution in [0.25, 0.3) is 0 Å². The summed E-state index contributed by atoms with van der Waals surface area (Å²) in [5.41, 5.74) is 4.14. The Balaban J connectivity index is 1.55. The third-order valence-electron chi connectivity index (χ3n) is 7.31. The van der Waals surface area contributed by atoms with Crippen LogP contribution in [0, 0.1) is 28.6 Å². The maximum absolute atomic E-state index is 13.4. The van der Waals surface area contributed by atoms with Gasteiger partial charge in [-0.15, -0.1) is 0 Å². The van der Waals surface area contributed by atoms with Gasteiger partial charge in [0.2, 0.25) is 11.8 Å². The minimum Gasteiger partial charge on any atom is -0.370 e. The van der Waals surface area contributed by atoms with Gasteiger partial charge in [-0.05, 0) is 43.9 Å². The van der Waals surface area contributed by atoms with Gasteiger partial charge in [0.25, 0.3) is 0 Å². The van der Waals surface area contributed by atoms with Crippen LogP contribution in [-0.2, 0) is 15.8 Å². The van der Waals surface area contributed by atoms with E-state index < -0.39 is 34.5 Å². The maximum Gasteiger partial charge on any atom is 0.417 e. The van der Waals surface area contributed by atoms with Gasteiger partial charge < -0.3 is 15.5 Å². The summed E-state index contributed by atoms with van der Waals surface area (Å²) in [6, 6.07) is 5.22. The summed E-state index contributed by atoms with van der Waals surface area (Å²) in [6.45, 7) is 1.70. The van der Waals surface area contributed by atoms with Crippen molar-refractivity contribution >= 4 is 17.5 Å². The molecule has 166 valence electrons. The van der Waals surface area contributed by atoms with E-state index in [0.29, 0.717) is 38.2 Å². The van der Waals surface area contributed by atoms with Crippen LogP contribution in [0.2, 0.25) is 0 Å². The standard InChI is InChI=1S/C22H25F3N4O2/c23-22(24,25)17-10-16(5-4-15(17)11-26)29-12-18(19(27)30)21(13-29)6-8-28(9-7-21)20(31)14-2-1-3-14/h4-5,10,14,18H,1-3,6-9,12-13H2,(H2,27,30). The number of likely N-dealkylation sites (tertiary alicyclic amines) is 1. The Morgan fingerprint density at radius 1 is 1.19 bits per heavy atom. The lowest BCUT2D eigenvalue weighted by molar-refractivity contribution is -0.141. The van der Waals surface area contributed by atoms with Crippen molar-refractivity contribution in [3.8, 4) is 6.07 Å². The highest BCUT2D eigenvalue weighted by molar-refractivity contribution is 5.81. The van der Waals surface area contributed by atoms with Crippen molar-refractivity contribution in [2.75, 3.05) is 31.1 Å². The summed E-state index contributed by atoms with van der Waals surface area (Å²) in [6.07, 6.45) is -0.515. The number of anilines is 1. The zero-order valence-corrected chi connectivity index (χ0v) is 17.1. The summed E-state index contributed by atoms with van der Waals surface area (Å²) in [5, 5.41) is 9.03. The minimum atomic E-state index is -4.64. The quantitative estimate of drug-likeness (QED) is 0.792. The molecule has 31 heavy (non-hydrogen) atoms. The van der Waals surface area contributed by atoms with Gasteiger partial charge in [-0.1, -0.05) is 6.42 Å². The molecule has 9 heteroatoms. The summed E-state index contributed by atoms with van der Waals surface area (Å²) in [4.78, 5) is 28.4. The van der Waals surface area contributed by atoms with Crippen LogP contribution >= 0.6 is 0 Å². The number of primary amides is 1. The predicted octanol–water partition coefficient (Wildman–Crippen LogP) is 2.91. The van der Waals surface area contributed by atoms with Gasteiger partial charge >= 0.3 is 6.18 Å². The Morgan fingerprint density at radius 3 is 2.39 bits per heavy atom. The lowest BCUT2D eigenvalue weighted by Gasteiger charge is -2.43. The van der Waals surface area contributed by atoms with Gasteiger partial charge in [0.1, 0.15) is 0 Å². The summed E-state index contributed by atoms with van der Waals surface area (Å²) < 4.78 is 40.2. The van der Waals surface area contributed by atoms with Crippen molar-refractivity contribution in [3.05, 3.63) is 29.3 Å². The fourth-order valence-corrected chi connectivity index (χ4v) is 5.21. The maximum atomic E-state index is 13.4. The normalized spacial score (nSPS) is 23.5. The highest BCUT2D eigenvalue weighted by atomic mass is 19.4. The number of piperidine rings is 1. The molecule has 2 N–H and O–H groups in total. The van der Waals surface area contributed by atoms with Gasteiger partial charge in [0, 0.05) is 43.2 Å². The largest absolute Gasteiger partial charge is 0.417 e. The van der Waals surface area contributed by atoms with Crippen LogP contribution in [0.4, 0.5) is 18.9 Å². The number of halogens is 3. The molecule has 2 saturated heterocycles. The Bertz CT molecular complexity index is 928. The number of benzene rings is 1. The molecular formula is C22H25F3N4O2. The SMILES string of the molecule is N#Cc1ccc(N2CC(C(N)=O)C3(CCN(C(=O)C4CCC4)CC3)C2)cc1C(F)(F)F. The van der Waals surface area contributed by atoms with E-state index in [1.807, 2.05) is 4.90 Å². The second-order valence-corrected chi connectivity index (χ2v) is 8.99. The fourth-order valence-electron chi connectivity index (χ4n) is 5.21. The molecule has 4 rings (SSSR count). The number of carbonyl (C=O) groups is 2. The topological polar surface area (TPSA) is 90.4 Å². The molecule has 2 aliphatic heterocycles. The van der Waals surface area contributed by atoms with Crippen molar-refractivity contribution in [1.29, 1.82) is 5.26 Å². The van der Waals surface area contributed by atoms with Crippen molar-refractivity contribution in [2.45, 2.75) is 38.3 Å². The van der Waals surface area contributed by atoms with Crippen LogP contribution in [0.3, 0.4) is 0 Å². The third kappa shape index (κ3) is 3.84. The lowest BCUT2D eigenvalue weighted by atomic mass is 9.70.